The lowest BCUT2D eigenvalue weighted by molar-refractivity contribution is 1.16. The molecule has 0 radical (unpaired) electrons. The Labute approximate surface area is 97.9 Å². The number of nitrogens with zero attached hydrogens (tertiary/aromatic N) is 1. The van der Waals surface area contributed by atoms with E-state index in [9.17, 15) is 0 Å². The van der Waals surface area contributed by atoms with Gasteiger partial charge in [-0.25, -0.2) is 0 Å². The molecule has 0 bridgehead atoms. The van der Waals surface area contributed by atoms with Crippen LogP contribution in [-0.4, -0.2) is 4.98 Å². The van der Waals surface area contributed by atoms with Crippen LogP contribution in [0.2, 0.25) is 5.02 Å². The van der Waals surface area contributed by atoms with E-state index in [1.807, 2.05) is 36.8 Å². The fourth-order valence-electron chi connectivity index (χ4n) is 1.34. The van der Waals surface area contributed by atoms with Gasteiger partial charge in [0.05, 0.1) is 12.1 Å². The van der Waals surface area contributed by atoms with Crippen molar-refractivity contribution in [1.29, 1.82) is 0 Å². The molecular weight excluding hydrogens is 228 g/mol. The average Bonchev–Trinajstić information content (AvgIpc) is 2.69. The summed E-state index contributed by atoms with van der Waals surface area (Å²) < 4.78 is 0. The predicted molar refractivity (Wildman–Crippen MR) is 65.6 cm³/mol. The predicted octanol–water partition coefficient (Wildman–Crippen LogP) is 3.72. The number of benzene rings is 1. The van der Waals surface area contributed by atoms with E-state index >= 15 is 0 Å². The van der Waals surface area contributed by atoms with E-state index in [1.54, 1.807) is 11.3 Å². The molecule has 4 heteroatoms. The van der Waals surface area contributed by atoms with Crippen LogP contribution in [0.15, 0.2) is 29.9 Å². The number of hydrogen-bond donors (Lipinski definition) is 1. The highest BCUT2D eigenvalue weighted by Crippen LogP contribution is 2.20. The molecule has 2 aromatic rings. The van der Waals surface area contributed by atoms with E-state index in [0.29, 0.717) is 0 Å². The van der Waals surface area contributed by atoms with E-state index in [-0.39, 0.29) is 0 Å². The van der Waals surface area contributed by atoms with Gasteiger partial charge in [-0.15, -0.1) is 11.3 Å². The first-order valence-electron chi connectivity index (χ1n) is 4.63. The van der Waals surface area contributed by atoms with Gasteiger partial charge >= 0.3 is 0 Å². The largest absolute Gasteiger partial charge is 0.380 e. The third-order valence-electron chi connectivity index (χ3n) is 2.12. The molecule has 0 aliphatic carbocycles. The normalized spacial score (nSPS) is 10.3. The highest BCUT2D eigenvalue weighted by Gasteiger charge is 1.99. The number of anilines is 1. The van der Waals surface area contributed by atoms with Crippen molar-refractivity contribution in [2.75, 3.05) is 5.32 Å². The molecule has 1 heterocycles. The molecule has 0 aliphatic heterocycles. The Morgan fingerprint density at radius 1 is 1.47 bits per heavy atom. The number of rotatable bonds is 3. The minimum absolute atomic E-state index is 0.774. The molecule has 1 N–H and O–H groups in total. The Morgan fingerprint density at radius 2 is 2.33 bits per heavy atom. The van der Waals surface area contributed by atoms with Crippen LogP contribution in [0.5, 0.6) is 0 Å². The molecule has 1 aromatic heterocycles. The Bertz CT molecular complexity index is 440. The lowest BCUT2D eigenvalue weighted by Crippen LogP contribution is -1.99. The summed E-state index contributed by atoms with van der Waals surface area (Å²) in [6.45, 7) is 2.86. The quantitative estimate of drug-likeness (QED) is 0.882. The van der Waals surface area contributed by atoms with E-state index in [4.69, 9.17) is 11.6 Å². The molecular formula is C11H11ClN2S. The smallest absolute Gasteiger partial charge is 0.0794 e. The number of thiazole rings is 1. The summed E-state index contributed by atoms with van der Waals surface area (Å²) in [6.07, 6.45) is 1.88. The van der Waals surface area contributed by atoms with Gasteiger partial charge in [0.1, 0.15) is 0 Å². The van der Waals surface area contributed by atoms with Crippen LogP contribution < -0.4 is 5.32 Å². The number of hydrogen-bond acceptors (Lipinski definition) is 3. The Morgan fingerprint density at radius 3 is 3.00 bits per heavy atom. The van der Waals surface area contributed by atoms with Gasteiger partial charge in [-0.1, -0.05) is 11.6 Å². The SMILES string of the molecule is Cc1cc(Cl)ccc1NCc1cncs1. The molecule has 0 spiro atoms. The van der Waals surface area contributed by atoms with Crippen molar-refractivity contribution >= 4 is 28.6 Å². The molecule has 0 fully saturated rings. The van der Waals surface area contributed by atoms with Crippen LogP contribution in [0.4, 0.5) is 5.69 Å². The number of halogens is 1. The van der Waals surface area contributed by atoms with Gasteiger partial charge in [0.2, 0.25) is 0 Å². The van der Waals surface area contributed by atoms with Crippen LogP contribution >= 0.6 is 22.9 Å². The van der Waals surface area contributed by atoms with Crippen LogP contribution in [0.25, 0.3) is 0 Å². The maximum absolute atomic E-state index is 5.88. The zero-order chi connectivity index (χ0) is 10.7. The Hall–Kier alpha value is -1.06. The summed E-state index contributed by atoms with van der Waals surface area (Å²) in [4.78, 5) is 5.25. The van der Waals surface area contributed by atoms with Gasteiger partial charge in [-0.05, 0) is 30.7 Å². The van der Waals surface area contributed by atoms with Crippen molar-refractivity contribution in [3.63, 3.8) is 0 Å². The monoisotopic (exact) mass is 238 g/mol. The molecule has 1 aromatic carbocycles. The molecule has 0 unspecified atom stereocenters. The minimum atomic E-state index is 0.774. The molecule has 0 amide bonds. The van der Waals surface area contributed by atoms with Crippen molar-refractivity contribution < 1.29 is 0 Å². The van der Waals surface area contributed by atoms with Gasteiger partial charge < -0.3 is 5.32 Å². The van der Waals surface area contributed by atoms with Gasteiger partial charge in [0.15, 0.2) is 0 Å². The number of aromatic nitrogens is 1. The van der Waals surface area contributed by atoms with Crippen LogP contribution in [0.3, 0.4) is 0 Å². The molecule has 15 heavy (non-hydrogen) atoms. The summed E-state index contributed by atoms with van der Waals surface area (Å²) in [5, 5.41) is 4.13. The van der Waals surface area contributed by atoms with Crippen molar-refractivity contribution in [2.24, 2.45) is 0 Å². The molecule has 78 valence electrons. The topological polar surface area (TPSA) is 24.9 Å². The molecule has 0 aliphatic rings. The van der Waals surface area contributed by atoms with E-state index in [0.717, 1.165) is 22.8 Å². The van der Waals surface area contributed by atoms with Crippen LogP contribution in [0, 0.1) is 6.92 Å². The van der Waals surface area contributed by atoms with Gasteiger partial charge in [-0.3, -0.25) is 4.98 Å². The van der Waals surface area contributed by atoms with Gasteiger partial charge in [0, 0.05) is 21.8 Å². The lowest BCUT2D eigenvalue weighted by Gasteiger charge is -2.08. The first kappa shape index (κ1) is 10.5. The summed E-state index contributed by atoms with van der Waals surface area (Å²) in [6, 6.07) is 5.85. The highest BCUT2D eigenvalue weighted by atomic mass is 35.5. The minimum Gasteiger partial charge on any atom is -0.380 e. The zero-order valence-corrected chi connectivity index (χ0v) is 9.90. The van der Waals surface area contributed by atoms with E-state index in [2.05, 4.69) is 10.3 Å². The standard InChI is InChI=1S/C11H11ClN2S/c1-8-4-9(12)2-3-11(8)14-6-10-5-13-7-15-10/h2-5,7,14H,6H2,1H3. The second-order valence-corrected chi connectivity index (χ2v) is 4.69. The van der Waals surface area contributed by atoms with Crippen molar-refractivity contribution in [1.82, 2.24) is 4.98 Å². The summed E-state index contributed by atoms with van der Waals surface area (Å²) >= 11 is 7.53. The maximum atomic E-state index is 5.88. The first-order valence-corrected chi connectivity index (χ1v) is 5.89. The molecule has 2 rings (SSSR count). The fraction of sp³-hybridized carbons (Fsp3) is 0.182. The highest BCUT2D eigenvalue weighted by molar-refractivity contribution is 7.09. The van der Waals surface area contributed by atoms with E-state index in [1.165, 1.54) is 4.88 Å². The number of nitrogens with one attached hydrogen (secondary N) is 1. The Kier molecular flexibility index (Phi) is 3.23. The van der Waals surface area contributed by atoms with Crippen molar-refractivity contribution in [3.05, 3.63) is 45.4 Å². The Balaban J connectivity index is 2.05. The average molecular weight is 239 g/mol. The number of aryl methyl sites for hydroxylation is 1. The molecule has 0 saturated carbocycles. The second-order valence-electron chi connectivity index (χ2n) is 3.28. The third kappa shape index (κ3) is 2.70. The fourth-order valence-corrected chi connectivity index (χ4v) is 2.10. The van der Waals surface area contributed by atoms with Crippen molar-refractivity contribution in [2.45, 2.75) is 13.5 Å². The summed E-state index contributed by atoms with van der Waals surface area (Å²) in [5.41, 5.74) is 4.12. The van der Waals surface area contributed by atoms with E-state index < -0.39 is 0 Å². The van der Waals surface area contributed by atoms with Crippen LogP contribution in [0.1, 0.15) is 10.4 Å². The second kappa shape index (κ2) is 4.64. The summed E-state index contributed by atoms with van der Waals surface area (Å²) in [5.74, 6) is 0. The maximum Gasteiger partial charge on any atom is 0.0794 e. The molecule has 2 nitrogen and oxygen atoms in total. The van der Waals surface area contributed by atoms with Gasteiger partial charge in [0.25, 0.3) is 0 Å². The van der Waals surface area contributed by atoms with Crippen molar-refractivity contribution in [3.8, 4) is 0 Å². The molecule has 0 saturated heterocycles. The van der Waals surface area contributed by atoms with Crippen LogP contribution in [-0.2, 0) is 6.54 Å². The summed E-state index contributed by atoms with van der Waals surface area (Å²) in [7, 11) is 0. The first-order chi connectivity index (χ1) is 7.25. The lowest BCUT2D eigenvalue weighted by atomic mass is 10.2. The third-order valence-corrected chi connectivity index (χ3v) is 3.14. The van der Waals surface area contributed by atoms with Gasteiger partial charge in [-0.2, -0.15) is 0 Å². The zero-order valence-electron chi connectivity index (χ0n) is 8.33. The molecule has 0 atom stereocenters.